The second kappa shape index (κ2) is 5.51. The van der Waals surface area contributed by atoms with Crippen molar-refractivity contribution in [3.63, 3.8) is 0 Å². The number of ether oxygens (including phenoxy) is 1. The van der Waals surface area contributed by atoms with Gasteiger partial charge in [0.15, 0.2) is 0 Å². The van der Waals surface area contributed by atoms with Gasteiger partial charge in [-0.2, -0.15) is 0 Å². The van der Waals surface area contributed by atoms with Crippen LogP contribution in [0.4, 0.5) is 5.69 Å². The van der Waals surface area contributed by atoms with Crippen LogP contribution in [0.1, 0.15) is 10.4 Å². The molecule has 20 heavy (non-hydrogen) atoms. The minimum Gasteiger partial charge on any atom is -0.497 e. The highest BCUT2D eigenvalue weighted by Gasteiger charge is 2.19. The van der Waals surface area contributed by atoms with Crippen LogP contribution in [-0.4, -0.2) is 26.6 Å². The SMILES string of the molecule is COc1cccc(NS(=O)(=O)c2cc(C(=O)O)cs2)c1. The summed E-state index contributed by atoms with van der Waals surface area (Å²) in [6.45, 7) is 0. The van der Waals surface area contributed by atoms with Crippen molar-refractivity contribution in [3.05, 3.63) is 41.3 Å². The van der Waals surface area contributed by atoms with Gasteiger partial charge in [0.1, 0.15) is 9.96 Å². The molecule has 6 nitrogen and oxygen atoms in total. The molecule has 0 fully saturated rings. The molecular weight excluding hydrogens is 302 g/mol. The maximum atomic E-state index is 12.1. The fraction of sp³-hybridized carbons (Fsp3) is 0.0833. The van der Waals surface area contributed by atoms with E-state index in [-0.39, 0.29) is 9.77 Å². The molecule has 2 aromatic rings. The van der Waals surface area contributed by atoms with E-state index in [9.17, 15) is 13.2 Å². The summed E-state index contributed by atoms with van der Waals surface area (Å²) < 4.78 is 31.5. The van der Waals surface area contributed by atoms with Crippen LogP contribution < -0.4 is 9.46 Å². The molecule has 0 unspecified atom stereocenters. The number of hydrogen-bond acceptors (Lipinski definition) is 5. The van der Waals surface area contributed by atoms with Gasteiger partial charge in [-0.15, -0.1) is 11.3 Å². The van der Waals surface area contributed by atoms with Gasteiger partial charge in [0, 0.05) is 11.4 Å². The Kier molecular flexibility index (Phi) is 3.96. The van der Waals surface area contributed by atoms with E-state index in [0.29, 0.717) is 11.4 Å². The molecule has 1 aromatic carbocycles. The van der Waals surface area contributed by atoms with Crippen LogP contribution in [0.25, 0.3) is 0 Å². The van der Waals surface area contributed by atoms with Crippen molar-refractivity contribution in [2.75, 3.05) is 11.8 Å². The van der Waals surface area contributed by atoms with Crippen molar-refractivity contribution < 1.29 is 23.1 Å². The molecule has 0 spiro atoms. The van der Waals surface area contributed by atoms with Crippen LogP contribution in [0, 0.1) is 0 Å². The number of nitrogens with one attached hydrogen (secondary N) is 1. The van der Waals surface area contributed by atoms with Crippen molar-refractivity contribution in [2.45, 2.75) is 4.21 Å². The number of carboxylic acids is 1. The molecule has 0 aliphatic carbocycles. The number of methoxy groups -OCH3 is 1. The Labute approximate surface area is 119 Å². The third kappa shape index (κ3) is 3.09. The quantitative estimate of drug-likeness (QED) is 0.883. The van der Waals surface area contributed by atoms with Crippen LogP contribution in [-0.2, 0) is 10.0 Å². The normalized spacial score (nSPS) is 11.1. The van der Waals surface area contributed by atoms with Gasteiger partial charge in [0.05, 0.1) is 18.4 Å². The zero-order valence-electron chi connectivity index (χ0n) is 10.4. The Bertz CT molecular complexity index is 736. The highest BCUT2D eigenvalue weighted by molar-refractivity contribution is 7.94. The molecule has 1 heterocycles. The van der Waals surface area contributed by atoms with E-state index in [0.717, 1.165) is 17.4 Å². The molecule has 0 radical (unpaired) electrons. The molecule has 0 aliphatic rings. The monoisotopic (exact) mass is 313 g/mol. The Morgan fingerprint density at radius 1 is 1.35 bits per heavy atom. The van der Waals surface area contributed by atoms with Crippen LogP contribution in [0.3, 0.4) is 0 Å². The molecule has 0 amide bonds. The Morgan fingerprint density at radius 2 is 2.10 bits per heavy atom. The summed E-state index contributed by atoms with van der Waals surface area (Å²) in [5.41, 5.74) is 0.288. The number of benzene rings is 1. The zero-order chi connectivity index (χ0) is 14.8. The Hall–Kier alpha value is -2.06. The molecule has 1 aromatic heterocycles. The van der Waals surface area contributed by atoms with Gasteiger partial charge < -0.3 is 9.84 Å². The maximum absolute atomic E-state index is 12.1. The molecule has 8 heteroatoms. The summed E-state index contributed by atoms with van der Waals surface area (Å²) in [6.07, 6.45) is 0. The lowest BCUT2D eigenvalue weighted by molar-refractivity contribution is 0.0697. The fourth-order valence-corrected chi connectivity index (χ4v) is 3.66. The predicted molar refractivity (Wildman–Crippen MR) is 75.1 cm³/mol. The summed E-state index contributed by atoms with van der Waals surface area (Å²) in [7, 11) is -2.32. The first-order chi connectivity index (χ1) is 9.42. The van der Waals surface area contributed by atoms with E-state index >= 15 is 0 Å². The summed E-state index contributed by atoms with van der Waals surface area (Å²) in [6, 6.07) is 7.56. The maximum Gasteiger partial charge on any atom is 0.336 e. The summed E-state index contributed by atoms with van der Waals surface area (Å²) in [5.74, 6) is -0.647. The van der Waals surface area contributed by atoms with Gasteiger partial charge in [-0.05, 0) is 18.2 Å². The topological polar surface area (TPSA) is 92.7 Å². The molecule has 0 aliphatic heterocycles. The van der Waals surface area contributed by atoms with E-state index in [1.807, 2.05) is 0 Å². The number of sulfonamides is 1. The summed E-state index contributed by atoms with van der Waals surface area (Å²) >= 11 is 0.851. The van der Waals surface area contributed by atoms with Crippen LogP contribution >= 0.6 is 11.3 Å². The predicted octanol–water partition coefficient (Wildman–Crippen LogP) is 2.26. The van der Waals surface area contributed by atoms with Gasteiger partial charge in [-0.25, -0.2) is 13.2 Å². The lowest BCUT2D eigenvalue weighted by Crippen LogP contribution is -2.11. The minimum absolute atomic E-state index is 0.0546. The van der Waals surface area contributed by atoms with E-state index in [4.69, 9.17) is 9.84 Å². The standard InChI is InChI=1S/C12H11NO5S2/c1-18-10-4-2-3-9(6-10)13-20(16,17)11-5-8(7-19-11)12(14)15/h2-7,13H,1H3,(H,14,15). The smallest absolute Gasteiger partial charge is 0.336 e. The first-order valence-corrected chi connectivity index (χ1v) is 7.77. The van der Waals surface area contributed by atoms with Crippen molar-refractivity contribution >= 4 is 33.0 Å². The summed E-state index contributed by atoms with van der Waals surface area (Å²) in [5, 5.41) is 10.1. The first-order valence-electron chi connectivity index (χ1n) is 5.41. The number of aromatic carboxylic acids is 1. The molecule has 0 saturated heterocycles. The molecule has 2 N–H and O–H groups in total. The van der Waals surface area contributed by atoms with Crippen molar-refractivity contribution in [2.24, 2.45) is 0 Å². The lowest BCUT2D eigenvalue weighted by Gasteiger charge is -2.07. The third-order valence-electron chi connectivity index (χ3n) is 2.41. The van der Waals surface area contributed by atoms with E-state index < -0.39 is 16.0 Å². The fourth-order valence-electron chi connectivity index (χ4n) is 1.46. The number of rotatable bonds is 5. The number of thiophene rings is 1. The van der Waals surface area contributed by atoms with E-state index in [2.05, 4.69) is 4.72 Å². The average Bonchev–Trinajstić information content (AvgIpc) is 2.89. The number of anilines is 1. The molecule has 2 rings (SSSR count). The number of hydrogen-bond donors (Lipinski definition) is 2. The first kappa shape index (κ1) is 14.4. The van der Waals surface area contributed by atoms with E-state index in [1.54, 1.807) is 18.2 Å². The highest BCUT2D eigenvalue weighted by atomic mass is 32.2. The Morgan fingerprint density at radius 3 is 2.70 bits per heavy atom. The lowest BCUT2D eigenvalue weighted by atomic mass is 10.3. The van der Waals surface area contributed by atoms with Crippen LogP contribution in [0.5, 0.6) is 5.75 Å². The van der Waals surface area contributed by atoms with Gasteiger partial charge in [-0.3, -0.25) is 4.72 Å². The van der Waals surface area contributed by atoms with Crippen molar-refractivity contribution in [1.82, 2.24) is 0 Å². The molecule has 0 atom stereocenters. The molecule has 106 valence electrons. The zero-order valence-corrected chi connectivity index (χ0v) is 12.0. The van der Waals surface area contributed by atoms with Crippen LogP contribution in [0.2, 0.25) is 0 Å². The highest BCUT2D eigenvalue weighted by Crippen LogP contribution is 2.24. The number of carboxylic acid groups (broad SMARTS) is 1. The molecule has 0 bridgehead atoms. The van der Waals surface area contributed by atoms with Gasteiger partial charge in [0.25, 0.3) is 10.0 Å². The van der Waals surface area contributed by atoms with Gasteiger partial charge in [0.2, 0.25) is 0 Å². The van der Waals surface area contributed by atoms with Crippen molar-refractivity contribution in [1.29, 1.82) is 0 Å². The third-order valence-corrected chi connectivity index (χ3v) is 5.23. The van der Waals surface area contributed by atoms with E-state index in [1.165, 1.54) is 18.6 Å². The van der Waals surface area contributed by atoms with Gasteiger partial charge in [-0.1, -0.05) is 6.07 Å². The van der Waals surface area contributed by atoms with Crippen LogP contribution in [0.15, 0.2) is 39.9 Å². The molecule has 0 saturated carbocycles. The second-order valence-electron chi connectivity index (χ2n) is 3.80. The van der Waals surface area contributed by atoms with Gasteiger partial charge >= 0.3 is 5.97 Å². The minimum atomic E-state index is -3.80. The summed E-state index contributed by atoms with van der Waals surface area (Å²) in [4.78, 5) is 10.8. The Balaban J connectivity index is 2.27. The molecular formula is C12H11NO5S2. The average molecular weight is 313 g/mol. The van der Waals surface area contributed by atoms with Crippen molar-refractivity contribution in [3.8, 4) is 5.75 Å². The number of carbonyl (C=O) groups is 1. The second-order valence-corrected chi connectivity index (χ2v) is 6.62. The largest absolute Gasteiger partial charge is 0.497 e.